The average Bonchev–Trinajstić information content (AvgIpc) is 3.44. The Labute approximate surface area is 250 Å². The number of aldehydes is 2. The number of nitrogens with two attached hydrogens (primary N) is 1. The van der Waals surface area contributed by atoms with Crippen LogP contribution in [0.25, 0.3) is 0 Å². The first-order valence-corrected chi connectivity index (χ1v) is 16.0. The standard InChI is InChI=1S/C21H35NO4.C10H20.CH3NO.CH4O/c1-3-15-10-22(26-14-15)11-18-5-4-6-20(21(18)25-2)19-8-16(12-23)7-17(9-19)13-24;1-8-5-6-9(2)10(3,4)7-8;2-1-3;1-2/h12-13,15-21H,3-11,14H2,1-2H3;8-9H,5-7H2,1-4H3;1H,(H2,2,3);2H,1H3. The van der Waals surface area contributed by atoms with E-state index >= 15 is 0 Å². The van der Waals surface area contributed by atoms with Crippen LogP contribution in [0.3, 0.4) is 0 Å². The monoisotopic (exact) mass is 582 g/mol. The summed E-state index contributed by atoms with van der Waals surface area (Å²) >= 11 is 0. The molecule has 3 N–H and O–H groups in total. The van der Waals surface area contributed by atoms with Gasteiger partial charge in [0.05, 0.1) is 12.7 Å². The molecule has 8 atom stereocenters. The third-order valence-electron chi connectivity index (χ3n) is 10.3. The molecule has 0 spiro atoms. The molecule has 0 aromatic heterocycles. The van der Waals surface area contributed by atoms with E-state index < -0.39 is 0 Å². The summed E-state index contributed by atoms with van der Waals surface area (Å²) in [5.74, 6) is 3.97. The molecule has 0 aromatic carbocycles. The highest BCUT2D eigenvalue weighted by Gasteiger charge is 2.42. The number of amides is 1. The summed E-state index contributed by atoms with van der Waals surface area (Å²) in [7, 11) is 2.83. The zero-order chi connectivity index (χ0) is 31.0. The molecule has 0 radical (unpaired) electrons. The van der Waals surface area contributed by atoms with Crippen molar-refractivity contribution in [1.82, 2.24) is 5.06 Å². The fourth-order valence-electron chi connectivity index (χ4n) is 7.75. The van der Waals surface area contributed by atoms with Crippen molar-refractivity contribution in [2.24, 2.45) is 58.5 Å². The van der Waals surface area contributed by atoms with E-state index in [1.165, 1.54) is 38.5 Å². The van der Waals surface area contributed by atoms with Gasteiger partial charge >= 0.3 is 0 Å². The number of hydrogen-bond donors (Lipinski definition) is 2. The summed E-state index contributed by atoms with van der Waals surface area (Å²) in [5.41, 5.74) is 4.78. The van der Waals surface area contributed by atoms with Crippen molar-refractivity contribution in [3.8, 4) is 0 Å². The number of primary amides is 1. The topological polar surface area (TPSA) is 119 Å². The van der Waals surface area contributed by atoms with Crippen LogP contribution >= 0.6 is 0 Å². The first-order chi connectivity index (χ1) is 19.6. The molecule has 8 heteroatoms. The molecule has 0 aromatic rings. The molecule has 1 saturated heterocycles. The summed E-state index contributed by atoms with van der Waals surface area (Å²) in [6.07, 6.45) is 14.2. The minimum absolute atomic E-state index is 0.0362. The molecule has 1 heterocycles. The lowest BCUT2D eigenvalue weighted by atomic mass is 9.64. The molecule has 8 unspecified atom stereocenters. The molecular formula is C33H62N2O6. The van der Waals surface area contributed by atoms with Crippen LogP contribution in [-0.2, 0) is 24.0 Å². The van der Waals surface area contributed by atoms with Crippen LogP contribution in [0.4, 0.5) is 0 Å². The van der Waals surface area contributed by atoms with Gasteiger partial charge in [-0.05, 0) is 86.4 Å². The second-order valence-corrected chi connectivity index (χ2v) is 13.6. The SMILES string of the molecule is CC1CCC(C)C(C)(C)C1.CCC1CON(CC2CCCC(C3CC(C=O)CC(C=O)C3)C2OC)C1.CO.NC=O. The number of nitrogens with zero attached hydrogens (tertiary/aromatic N) is 1. The van der Waals surface area contributed by atoms with Gasteiger partial charge in [0, 0.05) is 45.1 Å². The van der Waals surface area contributed by atoms with Crippen LogP contribution in [0.2, 0.25) is 0 Å². The number of aliphatic hydroxyl groups is 1. The minimum Gasteiger partial charge on any atom is -0.400 e. The van der Waals surface area contributed by atoms with Gasteiger partial charge in [-0.15, -0.1) is 0 Å². The Morgan fingerprint density at radius 3 is 2.07 bits per heavy atom. The van der Waals surface area contributed by atoms with Crippen LogP contribution in [0, 0.1) is 52.8 Å². The Morgan fingerprint density at radius 2 is 1.61 bits per heavy atom. The highest BCUT2D eigenvalue weighted by Crippen LogP contribution is 2.45. The molecular weight excluding hydrogens is 520 g/mol. The maximum absolute atomic E-state index is 11.4. The maximum Gasteiger partial charge on any atom is 0.204 e. The number of methoxy groups -OCH3 is 1. The fourth-order valence-corrected chi connectivity index (χ4v) is 7.75. The Balaban J connectivity index is 0.000000465. The van der Waals surface area contributed by atoms with Gasteiger partial charge in [-0.3, -0.25) is 9.63 Å². The minimum atomic E-state index is 0.0362. The summed E-state index contributed by atoms with van der Waals surface area (Å²) < 4.78 is 6.01. The lowest BCUT2D eigenvalue weighted by molar-refractivity contribution is -0.144. The molecule has 1 aliphatic heterocycles. The van der Waals surface area contributed by atoms with Gasteiger partial charge in [-0.25, -0.2) is 0 Å². The van der Waals surface area contributed by atoms with Crippen molar-refractivity contribution in [1.29, 1.82) is 0 Å². The lowest BCUT2D eigenvalue weighted by Gasteiger charge is -2.44. The summed E-state index contributed by atoms with van der Waals surface area (Å²) in [6, 6.07) is 0. The van der Waals surface area contributed by atoms with Crippen molar-refractivity contribution in [3.05, 3.63) is 0 Å². The van der Waals surface area contributed by atoms with Gasteiger partial charge in [0.25, 0.3) is 0 Å². The van der Waals surface area contributed by atoms with E-state index in [2.05, 4.69) is 45.4 Å². The maximum atomic E-state index is 11.4. The van der Waals surface area contributed by atoms with Gasteiger partial charge in [0.2, 0.25) is 6.41 Å². The number of aliphatic hydroxyl groups excluding tert-OH is 1. The van der Waals surface area contributed by atoms with E-state index in [9.17, 15) is 9.59 Å². The fraction of sp³-hybridized carbons (Fsp3) is 0.909. The molecule has 3 aliphatic carbocycles. The van der Waals surface area contributed by atoms with Gasteiger partial charge in [0.1, 0.15) is 12.6 Å². The number of hydroxylamine groups is 2. The summed E-state index contributed by atoms with van der Waals surface area (Å²) in [6.45, 7) is 14.6. The average molecular weight is 583 g/mol. The number of carbonyl (C=O) groups excluding carboxylic acids is 3. The lowest BCUT2D eigenvalue weighted by Crippen LogP contribution is -2.45. The Bertz CT molecular complexity index is 719. The van der Waals surface area contributed by atoms with Gasteiger partial charge in [-0.2, -0.15) is 5.06 Å². The number of hydrogen-bond acceptors (Lipinski definition) is 7. The zero-order valence-electron chi connectivity index (χ0n) is 27.1. The van der Waals surface area contributed by atoms with Gasteiger partial charge in [-0.1, -0.05) is 47.5 Å². The van der Waals surface area contributed by atoms with Crippen molar-refractivity contribution in [2.45, 2.75) is 105 Å². The Kier molecular flexibility index (Phi) is 18.2. The van der Waals surface area contributed by atoms with E-state index in [0.717, 1.165) is 76.9 Å². The first-order valence-electron chi connectivity index (χ1n) is 16.0. The third-order valence-corrected chi connectivity index (χ3v) is 10.3. The van der Waals surface area contributed by atoms with Gasteiger partial charge in [0.15, 0.2) is 0 Å². The molecule has 4 aliphatic rings. The van der Waals surface area contributed by atoms with Crippen LogP contribution in [0.5, 0.6) is 0 Å². The second-order valence-electron chi connectivity index (χ2n) is 13.6. The van der Waals surface area contributed by atoms with Crippen LogP contribution in [0.15, 0.2) is 0 Å². The molecule has 4 fully saturated rings. The predicted octanol–water partition coefficient (Wildman–Crippen LogP) is 5.30. The Hall–Kier alpha value is -1.35. The number of ether oxygens (including phenoxy) is 1. The summed E-state index contributed by atoms with van der Waals surface area (Å²) in [5, 5.41) is 9.15. The van der Waals surface area contributed by atoms with E-state index in [-0.39, 0.29) is 24.3 Å². The number of rotatable bonds is 7. The zero-order valence-corrected chi connectivity index (χ0v) is 27.1. The quantitative estimate of drug-likeness (QED) is 0.391. The predicted molar refractivity (Wildman–Crippen MR) is 164 cm³/mol. The normalized spacial score (nSPS) is 36.6. The largest absolute Gasteiger partial charge is 0.400 e. The van der Waals surface area contributed by atoms with E-state index in [4.69, 9.17) is 19.5 Å². The molecule has 8 nitrogen and oxygen atoms in total. The van der Waals surface area contributed by atoms with Crippen molar-refractivity contribution >= 4 is 19.0 Å². The Morgan fingerprint density at radius 1 is 1.00 bits per heavy atom. The highest BCUT2D eigenvalue weighted by molar-refractivity contribution is 5.58. The molecule has 240 valence electrons. The first kappa shape index (κ1) is 37.7. The van der Waals surface area contributed by atoms with Crippen molar-refractivity contribution in [2.75, 3.05) is 33.9 Å². The van der Waals surface area contributed by atoms with Crippen molar-refractivity contribution < 1.29 is 29.1 Å². The molecule has 0 bridgehead atoms. The van der Waals surface area contributed by atoms with E-state index in [1.54, 1.807) is 0 Å². The molecule has 1 amide bonds. The van der Waals surface area contributed by atoms with Crippen molar-refractivity contribution in [3.63, 3.8) is 0 Å². The number of carbonyl (C=O) groups is 3. The second kappa shape index (κ2) is 19.8. The molecule has 4 rings (SSSR count). The summed E-state index contributed by atoms with van der Waals surface area (Å²) in [4.78, 5) is 37.2. The van der Waals surface area contributed by atoms with E-state index in [0.29, 0.717) is 29.1 Å². The van der Waals surface area contributed by atoms with Crippen LogP contribution < -0.4 is 5.73 Å². The highest BCUT2D eigenvalue weighted by atomic mass is 16.7. The molecule has 3 saturated carbocycles. The van der Waals surface area contributed by atoms with Crippen LogP contribution in [0.1, 0.15) is 98.8 Å². The van der Waals surface area contributed by atoms with Gasteiger partial charge < -0.3 is 25.2 Å². The van der Waals surface area contributed by atoms with Crippen LogP contribution in [-0.4, -0.2) is 69.2 Å². The third kappa shape index (κ3) is 12.0. The van der Waals surface area contributed by atoms with E-state index in [1.807, 2.05) is 7.11 Å². The smallest absolute Gasteiger partial charge is 0.204 e. The molecule has 41 heavy (non-hydrogen) atoms.